The molecule has 0 radical (unpaired) electrons. The molecule has 0 aliphatic rings. The molecule has 0 amide bonds. The zero-order chi connectivity index (χ0) is 12.8. The van der Waals surface area contributed by atoms with Crippen LogP contribution in [0.3, 0.4) is 0 Å². The second-order valence-electron chi connectivity index (χ2n) is 4.15. The van der Waals surface area contributed by atoms with E-state index >= 15 is 0 Å². The fourth-order valence-corrected chi connectivity index (χ4v) is 2.33. The van der Waals surface area contributed by atoms with Crippen molar-refractivity contribution < 1.29 is 0 Å². The van der Waals surface area contributed by atoms with Gasteiger partial charge >= 0.3 is 0 Å². The van der Waals surface area contributed by atoms with Gasteiger partial charge in [-0.3, -0.25) is 0 Å². The van der Waals surface area contributed by atoms with Crippen LogP contribution in [0.15, 0.2) is 53.1 Å². The summed E-state index contributed by atoms with van der Waals surface area (Å²) in [5.74, 6) is 0.983. The van der Waals surface area contributed by atoms with Gasteiger partial charge in [-0.2, -0.15) is 0 Å². The predicted molar refractivity (Wildman–Crippen MR) is 80.3 cm³/mol. The second kappa shape index (κ2) is 6.55. The van der Waals surface area contributed by atoms with Gasteiger partial charge in [0, 0.05) is 18.4 Å². The summed E-state index contributed by atoms with van der Waals surface area (Å²) in [5, 5.41) is 0. The lowest BCUT2D eigenvalue weighted by molar-refractivity contribution is 0.778. The monoisotopic (exact) mass is 304 g/mol. The molecule has 18 heavy (non-hydrogen) atoms. The van der Waals surface area contributed by atoms with Crippen LogP contribution in [0.1, 0.15) is 19.8 Å². The molecule has 1 heterocycles. The van der Waals surface area contributed by atoms with Gasteiger partial charge in [-0.1, -0.05) is 31.5 Å². The van der Waals surface area contributed by atoms with Gasteiger partial charge in [0.2, 0.25) is 0 Å². The Hall–Kier alpha value is -1.35. The van der Waals surface area contributed by atoms with E-state index in [4.69, 9.17) is 0 Å². The predicted octanol–water partition coefficient (Wildman–Crippen LogP) is 4.78. The third-order valence-electron chi connectivity index (χ3n) is 2.80. The first-order valence-electron chi connectivity index (χ1n) is 6.26. The molecule has 0 fully saturated rings. The number of benzene rings is 1. The number of unbranched alkanes of at least 4 members (excludes halogenated alkanes) is 1. The number of pyridine rings is 1. The van der Waals surface area contributed by atoms with E-state index in [1.54, 1.807) is 0 Å². The Labute approximate surface area is 117 Å². The van der Waals surface area contributed by atoms with Crippen molar-refractivity contribution in [1.82, 2.24) is 4.98 Å². The Morgan fingerprint density at radius 3 is 2.56 bits per heavy atom. The molecule has 2 rings (SSSR count). The standard InChI is InChI=1S/C15H17BrN2/c1-2-3-12-18(13-8-5-4-6-9-13)15-14(16)10-7-11-17-15/h4-11H,2-3,12H2,1H3. The lowest BCUT2D eigenvalue weighted by atomic mass is 10.2. The van der Waals surface area contributed by atoms with Gasteiger partial charge in [0.05, 0.1) is 4.47 Å². The average Bonchev–Trinajstić information content (AvgIpc) is 2.42. The van der Waals surface area contributed by atoms with Crippen LogP contribution in [0.2, 0.25) is 0 Å². The zero-order valence-electron chi connectivity index (χ0n) is 10.5. The highest BCUT2D eigenvalue weighted by Crippen LogP contribution is 2.29. The highest BCUT2D eigenvalue weighted by atomic mass is 79.9. The molecule has 0 bridgehead atoms. The summed E-state index contributed by atoms with van der Waals surface area (Å²) in [6, 6.07) is 14.4. The van der Waals surface area contributed by atoms with E-state index in [9.17, 15) is 0 Å². The summed E-state index contributed by atoms with van der Waals surface area (Å²) in [7, 11) is 0. The third-order valence-corrected chi connectivity index (χ3v) is 3.42. The van der Waals surface area contributed by atoms with Crippen LogP contribution >= 0.6 is 15.9 Å². The van der Waals surface area contributed by atoms with Gasteiger partial charge in [-0.15, -0.1) is 0 Å². The van der Waals surface area contributed by atoms with Gasteiger partial charge in [0.25, 0.3) is 0 Å². The topological polar surface area (TPSA) is 16.1 Å². The lowest BCUT2D eigenvalue weighted by Crippen LogP contribution is -2.19. The Morgan fingerprint density at radius 2 is 1.89 bits per heavy atom. The molecule has 0 saturated heterocycles. The van der Waals surface area contributed by atoms with Crippen molar-refractivity contribution in [2.45, 2.75) is 19.8 Å². The van der Waals surface area contributed by atoms with Gasteiger partial charge in [-0.25, -0.2) is 4.98 Å². The van der Waals surface area contributed by atoms with E-state index in [0.29, 0.717) is 0 Å². The highest BCUT2D eigenvalue weighted by Gasteiger charge is 2.12. The van der Waals surface area contributed by atoms with Crippen molar-refractivity contribution in [3.05, 3.63) is 53.1 Å². The Kier molecular flexibility index (Phi) is 4.76. The van der Waals surface area contributed by atoms with Crippen LogP contribution in [0, 0.1) is 0 Å². The number of hydrogen-bond acceptors (Lipinski definition) is 2. The van der Waals surface area contributed by atoms with E-state index in [1.807, 2.05) is 24.4 Å². The maximum Gasteiger partial charge on any atom is 0.147 e. The number of aromatic nitrogens is 1. The smallest absolute Gasteiger partial charge is 0.147 e. The third kappa shape index (κ3) is 3.10. The lowest BCUT2D eigenvalue weighted by Gasteiger charge is -2.24. The summed E-state index contributed by atoms with van der Waals surface area (Å²) in [6.07, 6.45) is 4.16. The summed E-state index contributed by atoms with van der Waals surface area (Å²) in [6.45, 7) is 3.19. The van der Waals surface area contributed by atoms with Crippen LogP contribution in [0.4, 0.5) is 11.5 Å². The summed E-state index contributed by atoms with van der Waals surface area (Å²) in [4.78, 5) is 6.74. The number of para-hydroxylation sites is 1. The number of anilines is 2. The molecule has 0 N–H and O–H groups in total. The highest BCUT2D eigenvalue weighted by molar-refractivity contribution is 9.10. The van der Waals surface area contributed by atoms with Gasteiger partial charge in [0.1, 0.15) is 5.82 Å². The molecule has 2 nitrogen and oxygen atoms in total. The Morgan fingerprint density at radius 1 is 1.11 bits per heavy atom. The number of hydrogen-bond donors (Lipinski definition) is 0. The van der Waals surface area contributed by atoms with Crippen molar-refractivity contribution >= 4 is 27.4 Å². The van der Waals surface area contributed by atoms with Gasteiger partial charge in [0.15, 0.2) is 0 Å². The van der Waals surface area contributed by atoms with Crippen LogP contribution in [0.5, 0.6) is 0 Å². The van der Waals surface area contributed by atoms with Crippen LogP contribution in [0.25, 0.3) is 0 Å². The minimum absolute atomic E-state index is 0.982. The van der Waals surface area contributed by atoms with Crippen molar-refractivity contribution in [2.24, 2.45) is 0 Å². The molecule has 0 aliphatic carbocycles. The molecule has 0 spiro atoms. The minimum Gasteiger partial charge on any atom is -0.325 e. The Bertz CT molecular complexity index is 485. The maximum atomic E-state index is 4.49. The van der Waals surface area contributed by atoms with Crippen molar-refractivity contribution in [1.29, 1.82) is 0 Å². The molecule has 0 aliphatic heterocycles. The zero-order valence-corrected chi connectivity index (χ0v) is 12.1. The van der Waals surface area contributed by atoms with Gasteiger partial charge in [-0.05, 0) is 46.6 Å². The number of halogens is 1. The summed E-state index contributed by atoms with van der Waals surface area (Å²) in [5.41, 5.74) is 1.19. The molecule has 3 heteroatoms. The Balaban J connectivity index is 2.34. The average molecular weight is 305 g/mol. The maximum absolute atomic E-state index is 4.49. The van der Waals surface area contributed by atoms with Crippen LogP contribution < -0.4 is 4.90 Å². The molecule has 1 aromatic heterocycles. The number of nitrogens with zero attached hydrogens (tertiary/aromatic N) is 2. The van der Waals surface area contributed by atoms with E-state index in [0.717, 1.165) is 23.3 Å². The van der Waals surface area contributed by atoms with E-state index in [-0.39, 0.29) is 0 Å². The van der Waals surface area contributed by atoms with Crippen LogP contribution in [-0.2, 0) is 0 Å². The second-order valence-corrected chi connectivity index (χ2v) is 5.00. The molecular weight excluding hydrogens is 288 g/mol. The van der Waals surface area contributed by atoms with E-state index in [1.165, 1.54) is 12.1 Å². The molecule has 0 saturated carbocycles. The largest absolute Gasteiger partial charge is 0.325 e. The van der Waals surface area contributed by atoms with Crippen LogP contribution in [-0.4, -0.2) is 11.5 Å². The molecular formula is C15H17BrN2. The van der Waals surface area contributed by atoms with Crippen molar-refractivity contribution in [2.75, 3.05) is 11.4 Å². The van der Waals surface area contributed by atoms with E-state index in [2.05, 4.69) is 57.0 Å². The molecule has 0 unspecified atom stereocenters. The SMILES string of the molecule is CCCCN(c1ccccc1)c1ncccc1Br. The minimum atomic E-state index is 0.982. The number of rotatable bonds is 5. The normalized spacial score (nSPS) is 10.3. The van der Waals surface area contributed by atoms with Crippen molar-refractivity contribution in [3.63, 3.8) is 0 Å². The summed E-state index contributed by atoms with van der Waals surface area (Å²) >= 11 is 3.58. The molecule has 0 atom stereocenters. The first kappa shape index (κ1) is 13.1. The summed E-state index contributed by atoms with van der Waals surface area (Å²) < 4.78 is 1.03. The fraction of sp³-hybridized carbons (Fsp3) is 0.267. The fourth-order valence-electron chi connectivity index (χ4n) is 1.86. The van der Waals surface area contributed by atoms with Gasteiger partial charge < -0.3 is 4.90 Å². The van der Waals surface area contributed by atoms with E-state index < -0.39 is 0 Å². The molecule has 2 aromatic rings. The first-order chi connectivity index (χ1) is 8.83. The van der Waals surface area contributed by atoms with Crippen molar-refractivity contribution in [3.8, 4) is 0 Å². The quantitative estimate of drug-likeness (QED) is 0.790. The molecule has 94 valence electrons. The molecule has 1 aromatic carbocycles. The first-order valence-corrected chi connectivity index (χ1v) is 7.05.